The molecule has 1 aliphatic carbocycles. The molecule has 6 heteroatoms. The lowest BCUT2D eigenvalue weighted by atomic mass is 9.89. The minimum absolute atomic E-state index is 0.118. The number of rotatable bonds is 3. The highest BCUT2D eigenvalue weighted by Crippen LogP contribution is 2.40. The normalized spacial score (nSPS) is 22.8. The van der Waals surface area contributed by atoms with Gasteiger partial charge in [-0.25, -0.2) is 4.68 Å². The van der Waals surface area contributed by atoms with E-state index < -0.39 is 0 Å². The van der Waals surface area contributed by atoms with E-state index in [9.17, 15) is 0 Å². The third-order valence-corrected chi connectivity index (χ3v) is 5.24. The maximum Gasteiger partial charge on any atom is 0.176 e. The number of nitrogens with one attached hydrogen (secondary N) is 1. The predicted octanol–water partition coefficient (Wildman–Crippen LogP) is 3.18. The van der Waals surface area contributed by atoms with Gasteiger partial charge in [-0.15, -0.1) is 10.2 Å². The highest BCUT2D eigenvalue weighted by Gasteiger charge is 2.39. The van der Waals surface area contributed by atoms with E-state index >= 15 is 0 Å². The first-order valence-corrected chi connectivity index (χ1v) is 8.91. The van der Waals surface area contributed by atoms with Crippen LogP contribution >= 0.6 is 0 Å². The van der Waals surface area contributed by atoms with Crippen molar-refractivity contribution in [2.75, 3.05) is 11.9 Å². The van der Waals surface area contributed by atoms with Gasteiger partial charge in [-0.1, -0.05) is 12.8 Å². The summed E-state index contributed by atoms with van der Waals surface area (Å²) in [6.45, 7) is 4.85. The largest absolute Gasteiger partial charge is 0.375 e. The third-order valence-electron chi connectivity index (χ3n) is 5.24. The zero-order valence-electron chi connectivity index (χ0n) is 14.5. The van der Waals surface area contributed by atoms with Crippen LogP contribution < -0.4 is 5.32 Å². The van der Waals surface area contributed by atoms with Crippen LogP contribution in [0.3, 0.4) is 0 Å². The van der Waals surface area contributed by atoms with Gasteiger partial charge in [0, 0.05) is 18.3 Å². The summed E-state index contributed by atoms with van der Waals surface area (Å²) >= 11 is 0. The molecule has 3 heterocycles. The standard InChI is InChI=1S/C18H25N5O/c1-13-11-14(2)23(22-13)17-6-5-16(20-21-17)19-15-7-10-24-18(12-15)8-3-4-9-18/h5-6,11,15H,3-4,7-10,12H2,1-2H3,(H,19,20)/t15-/m0/s1. The van der Waals surface area contributed by atoms with Crippen molar-refractivity contribution in [3.63, 3.8) is 0 Å². The molecule has 0 unspecified atom stereocenters. The SMILES string of the molecule is Cc1cc(C)n(-c2ccc(N[C@H]3CCOC4(CCCC4)C3)nn2)n1. The van der Waals surface area contributed by atoms with Crippen LogP contribution in [0.15, 0.2) is 18.2 Å². The van der Waals surface area contributed by atoms with Crippen molar-refractivity contribution < 1.29 is 4.74 Å². The third kappa shape index (κ3) is 3.02. The van der Waals surface area contributed by atoms with Crippen LogP contribution in [0.1, 0.15) is 49.9 Å². The Labute approximate surface area is 142 Å². The van der Waals surface area contributed by atoms with Crippen LogP contribution in [-0.4, -0.2) is 38.2 Å². The van der Waals surface area contributed by atoms with Crippen molar-refractivity contribution >= 4 is 5.82 Å². The van der Waals surface area contributed by atoms with Crippen molar-refractivity contribution in [1.29, 1.82) is 0 Å². The van der Waals surface area contributed by atoms with E-state index in [0.29, 0.717) is 6.04 Å². The molecule has 6 nitrogen and oxygen atoms in total. The molecule has 2 fully saturated rings. The Morgan fingerprint density at radius 3 is 2.71 bits per heavy atom. The van der Waals surface area contributed by atoms with Gasteiger partial charge in [0.05, 0.1) is 11.3 Å². The quantitative estimate of drug-likeness (QED) is 0.938. The second kappa shape index (κ2) is 6.16. The van der Waals surface area contributed by atoms with Crippen molar-refractivity contribution in [3.05, 3.63) is 29.6 Å². The Bertz CT molecular complexity index is 703. The molecule has 128 valence electrons. The van der Waals surface area contributed by atoms with Crippen LogP contribution in [0, 0.1) is 13.8 Å². The molecule has 1 aliphatic heterocycles. The molecular weight excluding hydrogens is 302 g/mol. The Balaban J connectivity index is 1.44. The summed E-state index contributed by atoms with van der Waals surface area (Å²) < 4.78 is 7.93. The lowest BCUT2D eigenvalue weighted by Crippen LogP contribution is -2.42. The van der Waals surface area contributed by atoms with Gasteiger partial charge in [0.15, 0.2) is 5.82 Å². The smallest absolute Gasteiger partial charge is 0.176 e. The van der Waals surface area contributed by atoms with Crippen LogP contribution in [0.25, 0.3) is 5.82 Å². The summed E-state index contributed by atoms with van der Waals surface area (Å²) in [6, 6.07) is 6.43. The first-order chi connectivity index (χ1) is 11.6. The van der Waals surface area contributed by atoms with Crippen LogP contribution in [0.5, 0.6) is 0 Å². The van der Waals surface area contributed by atoms with Crippen molar-refractivity contribution in [1.82, 2.24) is 20.0 Å². The van der Waals surface area contributed by atoms with Crippen LogP contribution in [0.4, 0.5) is 5.82 Å². The summed E-state index contributed by atoms with van der Waals surface area (Å²) in [4.78, 5) is 0. The van der Waals surface area contributed by atoms with E-state index in [0.717, 1.165) is 42.5 Å². The maximum absolute atomic E-state index is 6.10. The molecule has 2 aromatic rings. The average molecular weight is 327 g/mol. The number of anilines is 1. The first kappa shape index (κ1) is 15.6. The lowest BCUT2D eigenvalue weighted by molar-refractivity contribution is -0.0767. The van der Waals surface area contributed by atoms with Gasteiger partial charge in [-0.05, 0) is 57.7 Å². The number of hydrogen-bond donors (Lipinski definition) is 1. The Morgan fingerprint density at radius 2 is 2.04 bits per heavy atom. The number of aryl methyl sites for hydroxylation is 2. The fraction of sp³-hybridized carbons (Fsp3) is 0.611. The predicted molar refractivity (Wildman–Crippen MR) is 92.4 cm³/mol. The molecule has 1 atom stereocenters. The van der Waals surface area contributed by atoms with E-state index in [2.05, 4.69) is 20.6 Å². The topological polar surface area (TPSA) is 64.9 Å². The molecule has 2 aromatic heterocycles. The molecule has 0 amide bonds. The molecular formula is C18H25N5O. The monoisotopic (exact) mass is 327 g/mol. The van der Waals surface area contributed by atoms with Gasteiger partial charge in [0.2, 0.25) is 0 Å². The van der Waals surface area contributed by atoms with Gasteiger partial charge < -0.3 is 10.1 Å². The zero-order chi connectivity index (χ0) is 16.6. The second-order valence-corrected chi connectivity index (χ2v) is 7.19. The molecule has 0 aromatic carbocycles. The van der Waals surface area contributed by atoms with Crippen LogP contribution in [0.2, 0.25) is 0 Å². The molecule has 0 radical (unpaired) electrons. The minimum Gasteiger partial charge on any atom is -0.375 e. The second-order valence-electron chi connectivity index (χ2n) is 7.19. The van der Waals surface area contributed by atoms with Gasteiger partial charge >= 0.3 is 0 Å². The van der Waals surface area contributed by atoms with Crippen molar-refractivity contribution in [2.24, 2.45) is 0 Å². The van der Waals surface area contributed by atoms with Crippen molar-refractivity contribution in [3.8, 4) is 5.82 Å². The maximum atomic E-state index is 6.10. The van der Waals surface area contributed by atoms with Gasteiger partial charge in [0.1, 0.15) is 5.82 Å². The first-order valence-electron chi connectivity index (χ1n) is 8.91. The van der Waals surface area contributed by atoms with Gasteiger partial charge in [-0.3, -0.25) is 0 Å². The summed E-state index contributed by atoms with van der Waals surface area (Å²) in [5, 5.41) is 16.7. The molecule has 0 bridgehead atoms. The molecule has 1 N–H and O–H groups in total. The molecule has 2 aliphatic rings. The van der Waals surface area contributed by atoms with Crippen molar-refractivity contribution in [2.45, 2.75) is 64.0 Å². The molecule has 1 spiro atoms. The van der Waals surface area contributed by atoms with Crippen LogP contribution in [-0.2, 0) is 4.74 Å². The number of aromatic nitrogens is 4. The summed E-state index contributed by atoms with van der Waals surface area (Å²) in [7, 11) is 0. The van der Waals surface area contributed by atoms with Gasteiger partial charge in [-0.2, -0.15) is 5.10 Å². The lowest BCUT2D eigenvalue weighted by Gasteiger charge is -2.38. The molecule has 1 saturated heterocycles. The molecule has 1 saturated carbocycles. The fourth-order valence-corrected chi connectivity index (χ4v) is 4.10. The fourth-order valence-electron chi connectivity index (χ4n) is 4.10. The van der Waals surface area contributed by atoms with E-state index in [1.807, 2.05) is 36.7 Å². The number of hydrogen-bond acceptors (Lipinski definition) is 5. The zero-order valence-corrected chi connectivity index (χ0v) is 14.5. The van der Waals surface area contributed by atoms with E-state index in [4.69, 9.17) is 4.74 Å². The van der Waals surface area contributed by atoms with E-state index in [-0.39, 0.29) is 5.60 Å². The average Bonchev–Trinajstić information content (AvgIpc) is 3.15. The Morgan fingerprint density at radius 1 is 1.21 bits per heavy atom. The highest BCUT2D eigenvalue weighted by molar-refractivity contribution is 5.38. The summed E-state index contributed by atoms with van der Waals surface area (Å²) in [6.07, 6.45) is 7.10. The van der Waals surface area contributed by atoms with E-state index in [1.54, 1.807) is 0 Å². The Hall–Kier alpha value is -1.95. The van der Waals surface area contributed by atoms with E-state index in [1.165, 1.54) is 25.7 Å². The Kier molecular flexibility index (Phi) is 4.00. The number of nitrogens with zero attached hydrogens (tertiary/aromatic N) is 4. The van der Waals surface area contributed by atoms with Gasteiger partial charge in [0.25, 0.3) is 0 Å². The molecule has 24 heavy (non-hydrogen) atoms. The molecule has 4 rings (SSSR count). The summed E-state index contributed by atoms with van der Waals surface area (Å²) in [5.41, 5.74) is 2.17. The summed E-state index contributed by atoms with van der Waals surface area (Å²) in [5.74, 6) is 1.59. The number of ether oxygens (including phenoxy) is 1. The highest BCUT2D eigenvalue weighted by atomic mass is 16.5. The minimum atomic E-state index is 0.118.